The summed E-state index contributed by atoms with van der Waals surface area (Å²) in [6.45, 7) is 2.43. The largest absolute Gasteiger partial charge is 0.544 e. The number of rotatable bonds is 6. The normalized spacial score (nSPS) is 10.7. The summed E-state index contributed by atoms with van der Waals surface area (Å²) >= 11 is 0.905. The molecule has 0 radical (unpaired) electrons. The number of hydrogen-bond acceptors (Lipinski definition) is 5. The highest BCUT2D eigenvalue weighted by Gasteiger charge is 2.07. The molecule has 5 heteroatoms. The first-order valence-electron chi connectivity index (χ1n) is 6.37. The summed E-state index contributed by atoms with van der Waals surface area (Å²) in [6, 6.07) is 10.2. The van der Waals surface area contributed by atoms with Crippen molar-refractivity contribution in [3.63, 3.8) is 0 Å². The van der Waals surface area contributed by atoms with Gasteiger partial charge in [0.1, 0.15) is 5.75 Å². The van der Waals surface area contributed by atoms with Gasteiger partial charge in [0.15, 0.2) is 5.78 Å². The van der Waals surface area contributed by atoms with Gasteiger partial charge in [0.2, 0.25) is 0 Å². The van der Waals surface area contributed by atoms with E-state index in [1.165, 1.54) is 18.2 Å². The maximum Gasteiger partial charge on any atom is 0.195 e. The number of carboxylic acids is 1. The van der Waals surface area contributed by atoms with Gasteiger partial charge >= 0.3 is 0 Å². The van der Waals surface area contributed by atoms with Gasteiger partial charge in [-0.15, -0.1) is 11.3 Å². The number of para-hydroxylation sites is 1. The molecular weight excluding hydrogens is 288 g/mol. The Bertz CT molecular complexity index is 685. The van der Waals surface area contributed by atoms with Gasteiger partial charge in [0, 0.05) is 5.56 Å². The van der Waals surface area contributed by atoms with E-state index in [1.54, 1.807) is 6.08 Å². The zero-order valence-electron chi connectivity index (χ0n) is 11.4. The van der Waals surface area contributed by atoms with Crippen LogP contribution in [0.1, 0.15) is 31.8 Å². The Morgan fingerprint density at radius 1 is 1.19 bits per heavy atom. The van der Waals surface area contributed by atoms with Gasteiger partial charge < -0.3 is 14.6 Å². The molecule has 4 nitrogen and oxygen atoms in total. The van der Waals surface area contributed by atoms with Crippen LogP contribution in [-0.4, -0.2) is 18.4 Å². The maximum absolute atomic E-state index is 12.0. The van der Waals surface area contributed by atoms with Crippen molar-refractivity contribution in [1.82, 2.24) is 0 Å². The van der Waals surface area contributed by atoms with Crippen molar-refractivity contribution in [2.45, 2.75) is 6.92 Å². The average molecular weight is 301 g/mol. The van der Waals surface area contributed by atoms with E-state index in [9.17, 15) is 14.7 Å². The van der Waals surface area contributed by atoms with Gasteiger partial charge in [-0.25, -0.2) is 0 Å². The zero-order chi connectivity index (χ0) is 15.2. The van der Waals surface area contributed by atoms with Gasteiger partial charge in [0.05, 0.1) is 22.3 Å². The Morgan fingerprint density at radius 2 is 1.90 bits per heavy atom. The fourth-order valence-electron chi connectivity index (χ4n) is 1.73. The second kappa shape index (κ2) is 6.85. The fraction of sp³-hybridized carbons (Fsp3) is 0.125. The van der Waals surface area contributed by atoms with Crippen LogP contribution in [0.25, 0.3) is 6.08 Å². The number of allylic oxidation sites excluding steroid dienone is 1. The number of carbonyl (C=O) groups excluding carboxylic acids is 2. The number of thiophene rings is 1. The molecule has 0 aliphatic carbocycles. The molecule has 0 spiro atoms. The molecule has 0 atom stereocenters. The first-order chi connectivity index (χ1) is 10.1. The lowest BCUT2D eigenvalue weighted by atomic mass is 10.1. The van der Waals surface area contributed by atoms with Crippen LogP contribution >= 0.6 is 11.3 Å². The number of benzene rings is 1. The van der Waals surface area contributed by atoms with E-state index in [0.717, 1.165) is 16.9 Å². The minimum absolute atomic E-state index is 0.0430. The third-order valence-corrected chi connectivity index (χ3v) is 3.76. The molecule has 108 valence electrons. The summed E-state index contributed by atoms with van der Waals surface area (Å²) < 4.78 is 5.46. The quantitative estimate of drug-likeness (QED) is 0.607. The molecule has 0 aliphatic heterocycles. The molecule has 0 N–H and O–H groups in total. The number of carbonyl (C=O) groups is 2. The van der Waals surface area contributed by atoms with Crippen molar-refractivity contribution in [3.8, 4) is 5.75 Å². The third kappa shape index (κ3) is 3.79. The first kappa shape index (κ1) is 15.0. The number of ketones is 1. The Hall–Kier alpha value is -2.40. The molecule has 0 unspecified atom stereocenters. The standard InChI is InChI=1S/C16H14O4S/c1-2-20-13-6-4-3-5-11(13)7-8-12(17)14-9-10-15(21-14)16(18)19/h3-10H,2H2,1H3,(H,18,19)/p-1/b8-7+. The predicted octanol–water partition coefficient (Wildman–Crippen LogP) is 2.41. The molecule has 0 saturated heterocycles. The number of hydrogen-bond donors (Lipinski definition) is 0. The van der Waals surface area contributed by atoms with E-state index in [1.807, 2.05) is 31.2 Å². The zero-order valence-corrected chi connectivity index (χ0v) is 12.2. The van der Waals surface area contributed by atoms with E-state index in [4.69, 9.17) is 4.74 Å². The van der Waals surface area contributed by atoms with Crippen molar-refractivity contribution in [3.05, 3.63) is 57.8 Å². The van der Waals surface area contributed by atoms with Gasteiger partial charge in [-0.1, -0.05) is 18.2 Å². The Kier molecular flexibility index (Phi) is 4.90. The molecule has 1 heterocycles. The van der Waals surface area contributed by atoms with Crippen LogP contribution in [0.5, 0.6) is 5.75 Å². The van der Waals surface area contributed by atoms with Gasteiger partial charge in [0.25, 0.3) is 0 Å². The van der Waals surface area contributed by atoms with Crippen LogP contribution in [0.2, 0.25) is 0 Å². The first-order valence-corrected chi connectivity index (χ1v) is 7.19. The maximum atomic E-state index is 12.0. The summed E-state index contributed by atoms with van der Waals surface area (Å²) in [4.78, 5) is 23.1. The van der Waals surface area contributed by atoms with Crippen LogP contribution < -0.4 is 9.84 Å². The van der Waals surface area contributed by atoms with Gasteiger partial charge in [-0.2, -0.15) is 0 Å². The van der Waals surface area contributed by atoms with E-state index in [-0.39, 0.29) is 10.7 Å². The highest BCUT2D eigenvalue weighted by molar-refractivity contribution is 7.16. The SMILES string of the molecule is CCOc1ccccc1/C=C/C(=O)c1ccc(C(=O)[O-])s1. The molecule has 2 rings (SSSR count). The third-order valence-electron chi connectivity index (χ3n) is 2.68. The number of carboxylic acid groups (broad SMARTS) is 1. The molecule has 0 fully saturated rings. The smallest absolute Gasteiger partial charge is 0.195 e. The van der Waals surface area contributed by atoms with Crippen LogP contribution in [-0.2, 0) is 0 Å². The average Bonchev–Trinajstić information content (AvgIpc) is 2.96. The van der Waals surface area contributed by atoms with E-state index >= 15 is 0 Å². The Balaban J connectivity index is 2.16. The molecule has 0 amide bonds. The molecular formula is C16H13O4S-. The van der Waals surface area contributed by atoms with E-state index in [2.05, 4.69) is 0 Å². The van der Waals surface area contributed by atoms with E-state index < -0.39 is 5.97 Å². The molecule has 2 aromatic rings. The summed E-state index contributed by atoms with van der Waals surface area (Å²) in [5.41, 5.74) is 0.796. The predicted molar refractivity (Wildman–Crippen MR) is 79.6 cm³/mol. The van der Waals surface area contributed by atoms with Crippen molar-refractivity contribution in [2.75, 3.05) is 6.61 Å². The Labute approximate surface area is 126 Å². The number of aromatic carboxylic acids is 1. The second-order valence-electron chi connectivity index (χ2n) is 4.12. The topological polar surface area (TPSA) is 66.4 Å². The van der Waals surface area contributed by atoms with Crippen LogP contribution in [0.15, 0.2) is 42.5 Å². The summed E-state index contributed by atoms with van der Waals surface area (Å²) in [6.07, 6.45) is 3.06. The fourth-order valence-corrected chi connectivity index (χ4v) is 2.49. The summed E-state index contributed by atoms with van der Waals surface area (Å²) in [7, 11) is 0. The highest BCUT2D eigenvalue weighted by Crippen LogP contribution is 2.21. The molecule has 21 heavy (non-hydrogen) atoms. The summed E-state index contributed by atoms with van der Waals surface area (Å²) in [5, 5.41) is 10.7. The lowest BCUT2D eigenvalue weighted by Gasteiger charge is -2.05. The summed E-state index contributed by atoms with van der Waals surface area (Å²) in [5.74, 6) is -0.825. The second-order valence-corrected chi connectivity index (χ2v) is 5.20. The van der Waals surface area contributed by atoms with E-state index in [0.29, 0.717) is 17.2 Å². The van der Waals surface area contributed by atoms with Crippen LogP contribution in [0.3, 0.4) is 0 Å². The van der Waals surface area contributed by atoms with Crippen molar-refractivity contribution in [1.29, 1.82) is 0 Å². The lowest BCUT2D eigenvalue weighted by molar-refractivity contribution is -0.254. The monoisotopic (exact) mass is 301 g/mol. The van der Waals surface area contributed by atoms with Crippen molar-refractivity contribution >= 4 is 29.2 Å². The molecule has 0 saturated carbocycles. The molecule has 0 bridgehead atoms. The van der Waals surface area contributed by atoms with Crippen LogP contribution in [0, 0.1) is 0 Å². The van der Waals surface area contributed by atoms with Gasteiger partial charge in [-0.05, 0) is 37.3 Å². The molecule has 1 aromatic carbocycles. The minimum Gasteiger partial charge on any atom is -0.544 e. The van der Waals surface area contributed by atoms with Crippen molar-refractivity contribution in [2.24, 2.45) is 0 Å². The van der Waals surface area contributed by atoms with Crippen LogP contribution in [0.4, 0.5) is 0 Å². The number of ether oxygens (including phenoxy) is 1. The lowest BCUT2D eigenvalue weighted by Crippen LogP contribution is -2.20. The van der Waals surface area contributed by atoms with Gasteiger partial charge in [-0.3, -0.25) is 4.79 Å². The minimum atomic E-state index is -1.27. The molecule has 0 aliphatic rings. The Morgan fingerprint density at radius 3 is 2.57 bits per heavy atom. The van der Waals surface area contributed by atoms with Crippen molar-refractivity contribution < 1.29 is 19.4 Å². The molecule has 1 aromatic heterocycles. The highest BCUT2D eigenvalue weighted by atomic mass is 32.1.